The molecular formula is C37H43ClFNO4. The van der Waals surface area contributed by atoms with Crippen LogP contribution >= 0.6 is 11.6 Å². The highest BCUT2D eigenvalue weighted by molar-refractivity contribution is 6.32. The van der Waals surface area contributed by atoms with Crippen molar-refractivity contribution in [1.29, 1.82) is 0 Å². The molecule has 0 N–H and O–H groups in total. The molecule has 2 aromatic carbocycles. The third-order valence-corrected chi connectivity index (χ3v) is 10.0. The van der Waals surface area contributed by atoms with E-state index in [2.05, 4.69) is 32.6 Å². The Kier molecular flexibility index (Phi) is 8.19. The molecule has 3 aliphatic carbocycles. The minimum absolute atomic E-state index is 0.104. The first-order chi connectivity index (χ1) is 20.9. The number of carbonyl (C=O) groups excluding carboxylic acids is 2. The Hall–Kier alpha value is -3.12. The van der Waals surface area contributed by atoms with Crippen molar-refractivity contribution in [2.45, 2.75) is 104 Å². The Morgan fingerprint density at radius 1 is 0.886 bits per heavy atom. The molecule has 1 fully saturated rings. The standard InChI is InChI=1S/C37H43ClFNO4/c1-36(2)17-27-33(29(41)19-36)32(34-28(18-37(3,4)20-30(34)42)40(27)25-12-7-6-8-13-25)23-15-26(38)35(31(16-23)43-5)44-21-22-10-9-11-24(39)14-22/h9-11,14-16,25,32H,6-8,12-13,17-21H2,1-5H3. The molecular weight excluding hydrogens is 577 g/mol. The second-order valence-corrected chi connectivity index (χ2v) is 15.1. The molecule has 0 radical (unpaired) electrons. The first kappa shape index (κ1) is 30.9. The van der Waals surface area contributed by atoms with E-state index >= 15 is 0 Å². The lowest BCUT2D eigenvalue weighted by Crippen LogP contribution is -2.48. The summed E-state index contributed by atoms with van der Waals surface area (Å²) in [6.45, 7) is 8.81. The molecule has 4 aliphatic rings. The summed E-state index contributed by atoms with van der Waals surface area (Å²) in [7, 11) is 1.55. The number of rotatable bonds is 6. The lowest BCUT2D eigenvalue weighted by molar-refractivity contribution is -0.119. The van der Waals surface area contributed by atoms with Crippen molar-refractivity contribution in [2.24, 2.45) is 10.8 Å². The average molecular weight is 620 g/mol. The van der Waals surface area contributed by atoms with E-state index in [1.807, 2.05) is 12.1 Å². The lowest BCUT2D eigenvalue weighted by atomic mass is 9.63. The third-order valence-electron chi connectivity index (χ3n) is 9.75. The Morgan fingerprint density at radius 3 is 2.07 bits per heavy atom. The van der Waals surface area contributed by atoms with Gasteiger partial charge in [0.25, 0.3) is 0 Å². The van der Waals surface area contributed by atoms with Gasteiger partial charge in [0.2, 0.25) is 0 Å². The summed E-state index contributed by atoms with van der Waals surface area (Å²) in [6.07, 6.45) is 8.12. The first-order valence-corrected chi connectivity index (χ1v) is 16.3. The highest BCUT2D eigenvalue weighted by atomic mass is 35.5. The fraction of sp³-hybridized carbons (Fsp3) is 0.514. The maximum absolute atomic E-state index is 14.2. The molecule has 0 amide bonds. The molecule has 2 aromatic rings. The van der Waals surface area contributed by atoms with Crippen molar-refractivity contribution in [3.63, 3.8) is 0 Å². The molecule has 0 spiro atoms. The Labute approximate surface area is 265 Å². The zero-order valence-electron chi connectivity index (χ0n) is 26.5. The van der Waals surface area contributed by atoms with Crippen LogP contribution in [0.2, 0.25) is 5.02 Å². The number of carbonyl (C=O) groups is 2. The van der Waals surface area contributed by atoms with Gasteiger partial charge in [-0.05, 0) is 71.9 Å². The zero-order valence-corrected chi connectivity index (χ0v) is 27.3. The predicted molar refractivity (Wildman–Crippen MR) is 170 cm³/mol. The summed E-state index contributed by atoms with van der Waals surface area (Å²) in [5, 5.41) is 0.321. The van der Waals surface area contributed by atoms with Crippen molar-refractivity contribution in [3.8, 4) is 11.5 Å². The normalized spacial score (nSPS) is 22.2. The van der Waals surface area contributed by atoms with Gasteiger partial charge in [-0.1, -0.05) is 70.7 Å². The topological polar surface area (TPSA) is 55.8 Å². The molecule has 0 bridgehead atoms. The van der Waals surface area contributed by atoms with Crippen LogP contribution in [-0.2, 0) is 16.2 Å². The molecule has 0 atom stereocenters. The number of halogens is 2. The van der Waals surface area contributed by atoms with E-state index in [0.717, 1.165) is 66.6 Å². The molecule has 44 heavy (non-hydrogen) atoms. The summed E-state index contributed by atoms with van der Waals surface area (Å²) in [6, 6.07) is 10.2. The molecule has 1 saturated carbocycles. The van der Waals surface area contributed by atoms with E-state index in [1.54, 1.807) is 19.2 Å². The molecule has 0 aromatic heterocycles. The van der Waals surface area contributed by atoms with E-state index in [1.165, 1.54) is 18.6 Å². The molecule has 1 heterocycles. The average Bonchev–Trinajstić information content (AvgIpc) is 2.94. The number of nitrogens with zero attached hydrogens (tertiary/aromatic N) is 1. The Morgan fingerprint density at radius 2 is 1.50 bits per heavy atom. The van der Waals surface area contributed by atoms with Crippen LogP contribution in [0.15, 0.2) is 58.9 Å². The van der Waals surface area contributed by atoms with Crippen LogP contribution in [0, 0.1) is 16.6 Å². The fourth-order valence-electron chi connectivity index (χ4n) is 7.94. The number of hydrogen-bond acceptors (Lipinski definition) is 5. The number of ketones is 2. The van der Waals surface area contributed by atoms with Gasteiger partial charge in [0.15, 0.2) is 23.1 Å². The van der Waals surface area contributed by atoms with Gasteiger partial charge < -0.3 is 14.4 Å². The molecule has 6 rings (SSSR count). The molecule has 7 heteroatoms. The number of Topliss-reactive ketones (excluding diaryl/α,β-unsaturated/α-hetero) is 2. The predicted octanol–water partition coefficient (Wildman–Crippen LogP) is 9.09. The summed E-state index contributed by atoms with van der Waals surface area (Å²) in [4.78, 5) is 30.9. The number of ether oxygens (including phenoxy) is 2. The van der Waals surface area contributed by atoms with Crippen LogP contribution in [0.4, 0.5) is 4.39 Å². The Bertz CT molecular complexity index is 1510. The van der Waals surface area contributed by atoms with Gasteiger partial charge in [-0.3, -0.25) is 9.59 Å². The largest absolute Gasteiger partial charge is 0.493 e. The van der Waals surface area contributed by atoms with Crippen molar-refractivity contribution in [1.82, 2.24) is 4.90 Å². The van der Waals surface area contributed by atoms with Crippen LogP contribution < -0.4 is 9.47 Å². The SMILES string of the molecule is COc1cc(C2C3=C(CC(C)(C)CC3=O)N(C3CCCCC3)C3=C2C(=O)CC(C)(C)C3)cc(Cl)c1OCc1cccc(F)c1. The second kappa shape index (κ2) is 11.7. The number of hydrogen-bond donors (Lipinski definition) is 0. The molecule has 1 aliphatic heterocycles. The van der Waals surface area contributed by atoms with Gasteiger partial charge in [-0.25, -0.2) is 4.39 Å². The summed E-state index contributed by atoms with van der Waals surface area (Å²) in [5.41, 5.74) is 4.74. The number of methoxy groups -OCH3 is 1. The van der Waals surface area contributed by atoms with Gasteiger partial charge in [0.1, 0.15) is 12.4 Å². The summed E-state index contributed by atoms with van der Waals surface area (Å²) in [5.74, 6) is 0.108. The zero-order chi connectivity index (χ0) is 31.4. The lowest BCUT2D eigenvalue weighted by Gasteiger charge is -2.52. The van der Waals surface area contributed by atoms with Gasteiger partial charge in [-0.2, -0.15) is 0 Å². The Balaban J connectivity index is 1.50. The fourth-order valence-corrected chi connectivity index (χ4v) is 8.21. The van der Waals surface area contributed by atoms with E-state index < -0.39 is 5.92 Å². The summed E-state index contributed by atoms with van der Waals surface area (Å²) < 4.78 is 25.6. The smallest absolute Gasteiger partial charge is 0.180 e. The highest BCUT2D eigenvalue weighted by Crippen LogP contribution is 2.56. The van der Waals surface area contributed by atoms with Crippen molar-refractivity contribution >= 4 is 23.2 Å². The molecule has 5 nitrogen and oxygen atoms in total. The summed E-state index contributed by atoms with van der Waals surface area (Å²) >= 11 is 6.90. The van der Waals surface area contributed by atoms with Gasteiger partial charge >= 0.3 is 0 Å². The van der Waals surface area contributed by atoms with Crippen molar-refractivity contribution in [3.05, 3.63) is 80.9 Å². The van der Waals surface area contributed by atoms with E-state index in [9.17, 15) is 14.0 Å². The van der Waals surface area contributed by atoms with Crippen LogP contribution in [0.25, 0.3) is 0 Å². The van der Waals surface area contributed by atoms with Gasteiger partial charge in [0, 0.05) is 47.3 Å². The molecule has 0 saturated heterocycles. The van der Waals surface area contributed by atoms with E-state index in [0.29, 0.717) is 41.0 Å². The molecule has 0 unspecified atom stereocenters. The number of benzene rings is 2. The minimum atomic E-state index is -0.518. The van der Waals surface area contributed by atoms with Gasteiger partial charge in [-0.15, -0.1) is 0 Å². The van der Waals surface area contributed by atoms with E-state index in [-0.39, 0.29) is 34.8 Å². The van der Waals surface area contributed by atoms with Crippen LogP contribution in [0.1, 0.15) is 103 Å². The number of allylic oxidation sites excluding steroid dienone is 4. The van der Waals surface area contributed by atoms with Crippen molar-refractivity contribution < 1.29 is 23.5 Å². The van der Waals surface area contributed by atoms with Crippen LogP contribution in [-0.4, -0.2) is 29.6 Å². The molecule has 234 valence electrons. The minimum Gasteiger partial charge on any atom is -0.493 e. The quantitative estimate of drug-likeness (QED) is 0.323. The highest BCUT2D eigenvalue weighted by Gasteiger charge is 2.50. The van der Waals surface area contributed by atoms with E-state index in [4.69, 9.17) is 21.1 Å². The first-order valence-electron chi connectivity index (χ1n) is 15.9. The van der Waals surface area contributed by atoms with Crippen LogP contribution in [0.5, 0.6) is 11.5 Å². The maximum Gasteiger partial charge on any atom is 0.180 e. The van der Waals surface area contributed by atoms with Crippen LogP contribution in [0.3, 0.4) is 0 Å². The maximum atomic E-state index is 14.2. The van der Waals surface area contributed by atoms with Crippen molar-refractivity contribution in [2.75, 3.05) is 7.11 Å². The second-order valence-electron chi connectivity index (χ2n) is 14.7. The van der Waals surface area contributed by atoms with Gasteiger partial charge in [0.05, 0.1) is 12.1 Å². The monoisotopic (exact) mass is 619 g/mol. The third kappa shape index (κ3) is 5.82.